The van der Waals surface area contributed by atoms with Gasteiger partial charge in [-0.1, -0.05) is 37.8 Å². The molecule has 3 aliphatic rings. The van der Waals surface area contributed by atoms with Crippen LogP contribution in [-0.2, 0) is 16.6 Å². The lowest BCUT2D eigenvalue weighted by Gasteiger charge is -2.28. The van der Waals surface area contributed by atoms with Crippen molar-refractivity contribution in [2.75, 3.05) is 13.1 Å². The summed E-state index contributed by atoms with van der Waals surface area (Å²) in [6, 6.07) is 0. The molecule has 23 heavy (non-hydrogen) atoms. The summed E-state index contributed by atoms with van der Waals surface area (Å²) in [5.41, 5.74) is -0.0404. The normalized spacial score (nSPS) is 31.5. The first-order chi connectivity index (χ1) is 11.2. The van der Waals surface area contributed by atoms with Crippen molar-refractivity contribution in [3.63, 3.8) is 0 Å². The molecule has 1 aromatic heterocycles. The van der Waals surface area contributed by atoms with Crippen LogP contribution >= 0.6 is 0 Å². The minimum atomic E-state index is -0.0404. The number of likely N-dealkylation sites (tertiary alicyclic amines) is 1. The molecule has 5 heteroatoms. The second-order valence-corrected chi connectivity index (χ2v) is 7.66. The fourth-order valence-electron chi connectivity index (χ4n) is 5.03. The molecule has 1 saturated heterocycles. The SMILES string of the molecule is CCc1nc([C@@]23CCC[C@@H]2CN(C(=O)C2CCCCC2)C3)no1. The first-order valence-corrected chi connectivity index (χ1v) is 9.35. The maximum Gasteiger partial charge on any atom is 0.226 e. The summed E-state index contributed by atoms with van der Waals surface area (Å²) in [7, 11) is 0. The lowest BCUT2D eigenvalue weighted by Crippen LogP contribution is -2.38. The minimum Gasteiger partial charge on any atom is -0.341 e. The van der Waals surface area contributed by atoms with E-state index in [9.17, 15) is 4.79 Å². The molecule has 0 unspecified atom stereocenters. The Kier molecular flexibility index (Phi) is 3.90. The molecule has 5 nitrogen and oxygen atoms in total. The maximum absolute atomic E-state index is 12.9. The van der Waals surface area contributed by atoms with E-state index in [4.69, 9.17) is 4.52 Å². The Labute approximate surface area is 137 Å². The number of nitrogens with zero attached hydrogens (tertiary/aromatic N) is 3. The van der Waals surface area contributed by atoms with E-state index in [0.717, 1.165) is 50.5 Å². The van der Waals surface area contributed by atoms with Gasteiger partial charge in [0, 0.05) is 25.4 Å². The molecule has 2 saturated carbocycles. The Bertz CT molecular complexity index is 579. The van der Waals surface area contributed by atoms with Crippen molar-refractivity contribution in [1.82, 2.24) is 15.0 Å². The van der Waals surface area contributed by atoms with E-state index in [1.54, 1.807) is 0 Å². The van der Waals surface area contributed by atoms with Crippen LogP contribution in [0, 0.1) is 11.8 Å². The summed E-state index contributed by atoms with van der Waals surface area (Å²) in [5, 5.41) is 4.28. The molecule has 0 spiro atoms. The summed E-state index contributed by atoms with van der Waals surface area (Å²) in [4.78, 5) is 19.7. The van der Waals surface area contributed by atoms with Crippen LogP contribution in [0.15, 0.2) is 4.52 Å². The molecule has 2 aliphatic carbocycles. The zero-order valence-electron chi connectivity index (χ0n) is 14.1. The number of fused-ring (bicyclic) bond motifs is 1. The molecule has 1 amide bonds. The lowest BCUT2D eigenvalue weighted by molar-refractivity contribution is -0.135. The third kappa shape index (κ3) is 2.48. The van der Waals surface area contributed by atoms with Crippen molar-refractivity contribution in [3.05, 3.63) is 11.7 Å². The number of aromatic nitrogens is 2. The largest absolute Gasteiger partial charge is 0.341 e. The van der Waals surface area contributed by atoms with Gasteiger partial charge in [-0.05, 0) is 31.6 Å². The van der Waals surface area contributed by atoms with E-state index in [1.165, 1.54) is 32.1 Å². The predicted molar refractivity (Wildman–Crippen MR) is 85.9 cm³/mol. The first kappa shape index (κ1) is 15.2. The van der Waals surface area contributed by atoms with Gasteiger partial charge in [0.05, 0.1) is 5.41 Å². The zero-order chi connectivity index (χ0) is 15.9. The van der Waals surface area contributed by atoms with Gasteiger partial charge < -0.3 is 9.42 Å². The molecular weight excluding hydrogens is 290 g/mol. The van der Waals surface area contributed by atoms with Gasteiger partial charge in [0.2, 0.25) is 11.8 Å². The number of carbonyl (C=O) groups excluding carboxylic acids is 1. The Balaban J connectivity index is 1.54. The van der Waals surface area contributed by atoms with Crippen molar-refractivity contribution in [2.45, 2.75) is 70.1 Å². The van der Waals surface area contributed by atoms with Gasteiger partial charge in [0.25, 0.3) is 0 Å². The summed E-state index contributed by atoms with van der Waals surface area (Å²) in [6.07, 6.45) is 10.1. The quantitative estimate of drug-likeness (QED) is 0.859. The van der Waals surface area contributed by atoms with Crippen LogP contribution in [0.2, 0.25) is 0 Å². The number of carbonyl (C=O) groups is 1. The Hall–Kier alpha value is -1.39. The number of hydrogen-bond acceptors (Lipinski definition) is 4. The van der Waals surface area contributed by atoms with Crippen LogP contribution in [0.4, 0.5) is 0 Å². The minimum absolute atomic E-state index is 0.0404. The van der Waals surface area contributed by atoms with E-state index in [-0.39, 0.29) is 11.3 Å². The van der Waals surface area contributed by atoms with Gasteiger partial charge in [-0.2, -0.15) is 4.98 Å². The van der Waals surface area contributed by atoms with Crippen molar-refractivity contribution in [3.8, 4) is 0 Å². The smallest absolute Gasteiger partial charge is 0.226 e. The number of aryl methyl sites for hydroxylation is 1. The van der Waals surface area contributed by atoms with Gasteiger partial charge in [0.15, 0.2) is 5.82 Å². The molecule has 2 heterocycles. The predicted octanol–water partition coefficient (Wildman–Crippen LogP) is 3.09. The van der Waals surface area contributed by atoms with Crippen molar-refractivity contribution in [1.29, 1.82) is 0 Å². The highest BCUT2D eigenvalue weighted by Gasteiger charge is 2.54. The van der Waals surface area contributed by atoms with Crippen molar-refractivity contribution < 1.29 is 9.32 Å². The van der Waals surface area contributed by atoms with E-state index in [0.29, 0.717) is 11.8 Å². The number of hydrogen-bond donors (Lipinski definition) is 0. The van der Waals surface area contributed by atoms with Crippen LogP contribution < -0.4 is 0 Å². The molecule has 3 fully saturated rings. The highest BCUT2D eigenvalue weighted by molar-refractivity contribution is 5.79. The fraction of sp³-hybridized carbons (Fsp3) is 0.833. The van der Waals surface area contributed by atoms with Gasteiger partial charge in [-0.15, -0.1) is 0 Å². The third-order valence-corrected chi connectivity index (χ3v) is 6.35. The van der Waals surface area contributed by atoms with Crippen LogP contribution in [0.1, 0.15) is 70.0 Å². The number of rotatable bonds is 3. The van der Waals surface area contributed by atoms with Crippen LogP contribution in [0.3, 0.4) is 0 Å². The summed E-state index contributed by atoms with van der Waals surface area (Å²) in [6.45, 7) is 3.73. The van der Waals surface area contributed by atoms with Crippen LogP contribution in [0.5, 0.6) is 0 Å². The zero-order valence-corrected chi connectivity index (χ0v) is 14.1. The van der Waals surface area contributed by atoms with Crippen molar-refractivity contribution >= 4 is 5.91 Å². The van der Waals surface area contributed by atoms with E-state index >= 15 is 0 Å². The number of amides is 1. The molecule has 1 aliphatic heterocycles. The third-order valence-electron chi connectivity index (χ3n) is 6.35. The Morgan fingerprint density at radius 1 is 1.26 bits per heavy atom. The van der Waals surface area contributed by atoms with Crippen LogP contribution in [-0.4, -0.2) is 34.0 Å². The average molecular weight is 317 g/mol. The summed E-state index contributed by atoms with van der Waals surface area (Å²) < 4.78 is 5.38. The molecule has 0 aromatic carbocycles. The summed E-state index contributed by atoms with van der Waals surface area (Å²) in [5.74, 6) is 2.74. The van der Waals surface area contributed by atoms with E-state index < -0.39 is 0 Å². The molecule has 0 bridgehead atoms. The fourth-order valence-corrected chi connectivity index (χ4v) is 5.03. The summed E-state index contributed by atoms with van der Waals surface area (Å²) >= 11 is 0. The lowest BCUT2D eigenvalue weighted by atomic mass is 9.80. The van der Waals surface area contributed by atoms with Crippen LogP contribution in [0.25, 0.3) is 0 Å². The topological polar surface area (TPSA) is 59.2 Å². The first-order valence-electron chi connectivity index (χ1n) is 9.35. The highest BCUT2D eigenvalue weighted by Crippen LogP contribution is 2.50. The molecule has 126 valence electrons. The van der Waals surface area contributed by atoms with Gasteiger partial charge in [-0.25, -0.2) is 0 Å². The van der Waals surface area contributed by atoms with Gasteiger partial charge >= 0.3 is 0 Å². The Morgan fingerprint density at radius 3 is 2.83 bits per heavy atom. The van der Waals surface area contributed by atoms with Gasteiger partial charge in [0.1, 0.15) is 0 Å². The molecular formula is C18H27N3O2. The molecule has 0 radical (unpaired) electrons. The highest BCUT2D eigenvalue weighted by atomic mass is 16.5. The molecule has 0 N–H and O–H groups in total. The van der Waals surface area contributed by atoms with Gasteiger partial charge in [-0.3, -0.25) is 4.79 Å². The molecule has 2 atom stereocenters. The van der Waals surface area contributed by atoms with Crippen molar-refractivity contribution in [2.24, 2.45) is 11.8 Å². The standard InChI is InChI=1S/C18H27N3O2/c1-2-15-19-17(20-23-15)18-10-6-9-14(18)11-21(12-18)16(22)13-7-4-3-5-8-13/h13-14H,2-12H2,1H3/t14-,18-/m1/s1. The average Bonchev–Trinajstić information content (AvgIpc) is 3.28. The second-order valence-electron chi connectivity index (χ2n) is 7.66. The Morgan fingerprint density at radius 2 is 2.09 bits per heavy atom. The molecule has 4 rings (SSSR count). The monoisotopic (exact) mass is 317 g/mol. The maximum atomic E-state index is 12.9. The van der Waals surface area contributed by atoms with E-state index in [2.05, 4.69) is 15.0 Å². The molecule has 1 aromatic rings. The second kappa shape index (κ2) is 5.91. The van der Waals surface area contributed by atoms with E-state index in [1.807, 2.05) is 6.92 Å².